The van der Waals surface area contributed by atoms with Crippen LogP contribution >= 0.6 is 15.9 Å². The molecule has 1 unspecified atom stereocenters. The van der Waals surface area contributed by atoms with Gasteiger partial charge in [0.1, 0.15) is 0 Å². The number of halogens is 1. The highest BCUT2D eigenvalue weighted by molar-refractivity contribution is 9.10. The van der Waals surface area contributed by atoms with Gasteiger partial charge in [-0.25, -0.2) is 0 Å². The normalized spacial score (nSPS) is 23.7. The van der Waals surface area contributed by atoms with E-state index >= 15 is 0 Å². The fraction of sp³-hybridized carbons (Fsp3) is 0.455. The third-order valence-electron chi connectivity index (χ3n) is 2.52. The van der Waals surface area contributed by atoms with E-state index in [1.807, 2.05) is 6.07 Å². The Morgan fingerprint density at radius 2 is 2.21 bits per heavy atom. The first-order chi connectivity index (χ1) is 6.77. The summed E-state index contributed by atoms with van der Waals surface area (Å²) in [6.45, 7) is 2.83. The van der Waals surface area contributed by atoms with E-state index in [0.29, 0.717) is 0 Å². The van der Waals surface area contributed by atoms with E-state index in [1.54, 1.807) is 0 Å². The van der Waals surface area contributed by atoms with Crippen molar-refractivity contribution < 1.29 is 4.74 Å². The van der Waals surface area contributed by atoms with Crippen LogP contribution in [0.4, 0.5) is 0 Å². The summed E-state index contributed by atoms with van der Waals surface area (Å²) in [5.74, 6) is 0. The molecule has 76 valence electrons. The smallest absolute Gasteiger partial charge is 0.0963 e. The summed E-state index contributed by atoms with van der Waals surface area (Å²) in [6.07, 6.45) is 0.212. The molecule has 3 heteroatoms. The second-order valence-corrected chi connectivity index (χ2v) is 4.50. The molecule has 0 radical (unpaired) electrons. The number of nitrogens with zero attached hydrogens (tertiary/aromatic N) is 1. The molecular formula is C11H14BrNO. The fourth-order valence-corrected chi connectivity index (χ4v) is 2.24. The molecule has 1 aliphatic rings. The zero-order valence-electron chi connectivity index (χ0n) is 8.24. The summed E-state index contributed by atoms with van der Waals surface area (Å²) < 4.78 is 6.88. The summed E-state index contributed by atoms with van der Waals surface area (Å²) in [5.41, 5.74) is 1.25. The van der Waals surface area contributed by atoms with Crippen molar-refractivity contribution in [2.45, 2.75) is 6.10 Å². The lowest BCUT2D eigenvalue weighted by atomic mass is 10.1. The predicted octanol–water partition coefficient (Wildman–Crippen LogP) is 2.45. The van der Waals surface area contributed by atoms with Gasteiger partial charge in [-0.2, -0.15) is 0 Å². The molecule has 0 aliphatic carbocycles. The van der Waals surface area contributed by atoms with Crippen LogP contribution in [0.2, 0.25) is 0 Å². The largest absolute Gasteiger partial charge is 0.371 e. The van der Waals surface area contributed by atoms with Crippen molar-refractivity contribution in [1.29, 1.82) is 0 Å². The number of benzene rings is 1. The van der Waals surface area contributed by atoms with E-state index in [2.05, 4.69) is 46.1 Å². The Bertz CT molecular complexity index is 316. The molecule has 0 amide bonds. The standard InChI is InChI=1S/C11H14BrNO/c1-13-6-7-14-11(8-13)9-4-2-3-5-10(9)12/h2-5,11H,6-8H2,1H3. The fourth-order valence-electron chi connectivity index (χ4n) is 1.70. The van der Waals surface area contributed by atoms with Crippen LogP contribution in [-0.4, -0.2) is 31.6 Å². The minimum Gasteiger partial charge on any atom is -0.371 e. The highest BCUT2D eigenvalue weighted by Gasteiger charge is 2.20. The van der Waals surface area contributed by atoms with Gasteiger partial charge in [0.05, 0.1) is 12.7 Å². The Morgan fingerprint density at radius 3 is 2.93 bits per heavy atom. The Labute approximate surface area is 93.0 Å². The number of rotatable bonds is 1. The first kappa shape index (κ1) is 10.1. The van der Waals surface area contributed by atoms with Crippen LogP contribution in [0.3, 0.4) is 0 Å². The van der Waals surface area contributed by atoms with Crippen molar-refractivity contribution in [3.8, 4) is 0 Å². The summed E-state index contributed by atoms with van der Waals surface area (Å²) in [5, 5.41) is 0. The topological polar surface area (TPSA) is 12.5 Å². The molecule has 0 N–H and O–H groups in total. The Morgan fingerprint density at radius 1 is 1.43 bits per heavy atom. The molecule has 0 saturated carbocycles. The van der Waals surface area contributed by atoms with Crippen LogP contribution in [0, 0.1) is 0 Å². The molecule has 0 aromatic heterocycles. The Hall–Kier alpha value is -0.380. The summed E-state index contributed by atoms with van der Waals surface area (Å²) in [7, 11) is 2.13. The van der Waals surface area contributed by atoms with E-state index < -0.39 is 0 Å². The van der Waals surface area contributed by atoms with Crippen LogP contribution < -0.4 is 0 Å². The maximum absolute atomic E-state index is 5.74. The molecule has 0 spiro atoms. The van der Waals surface area contributed by atoms with Crippen molar-refractivity contribution >= 4 is 15.9 Å². The van der Waals surface area contributed by atoms with E-state index in [0.717, 1.165) is 24.2 Å². The van der Waals surface area contributed by atoms with Crippen molar-refractivity contribution in [3.63, 3.8) is 0 Å². The van der Waals surface area contributed by atoms with Gasteiger partial charge in [-0.05, 0) is 18.7 Å². The zero-order valence-corrected chi connectivity index (χ0v) is 9.83. The molecule has 1 saturated heterocycles. The summed E-state index contributed by atoms with van der Waals surface area (Å²) in [6, 6.07) is 8.26. The van der Waals surface area contributed by atoms with Crippen LogP contribution in [0.15, 0.2) is 28.7 Å². The summed E-state index contributed by atoms with van der Waals surface area (Å²) >= 11 is 3.55. The second kappa shape index (κ2) is 4.43. The highest BCUT2D eigenvalue weighted by atomic mass is 79.9. The van der Waals surface area contributed by atoms with Crippen LogP contribution in [0.1, 0.15) is 11.7 Å². The highest BCUT2D eigenvalue weighted by Crippen LogP contribution is 2.27. The first-order valence-electron chi connectivity index (χ1n) is 4.82. The molecule has 1 atom stereocenters. The van der Waals surface area contributed by atoms with Crippen molar-refractivity contribution in [1.82, 2.24) is 4.90 Å². The summed E-state index contributed by atoms with van der Waals surface area (Å²) in [4.78, 5) is 2.30. The Kier molecular flexibility index (Phi) is 3.21. The van der Waals surface area contributed by atoms with Crippen LogP contribution in [0.25, 0.3) is 0 Å². The minimum atomic E-state index is 0.212. The molecule has 0 bridgehead atoms. The second-order valence-electron chi connectivity index (χ2n) is 3.64. The van der Waals surface area contributed by atoms with Gasteiger partial charge in [0.15, 0.2) is 0 Å². The quantitative estimate of drug-likeness (QED) is 0.765. The third-order valence-corrected chi connectivity index (χ3v) is 3.24. The number of ether oxygens (including phenoxy) is 1. The molecule has 1 heterocycles. The van der Waals surface area contributed by atoms with E-state index in [4.69, 9.17) is 4.74 Å². The van der Waals surface area contributed by atoms with Crippen LogP contribution in [0.5, 0.6) is 0 Å². The molecule has 1 aromatic carbocycles. The zero-order chi connectivity index (χ0) is 9.97. The minimum absolute atomic E-state index is 0.212. The van der Waals surface area contributed by atoms with Gasteiger partial charge >= 0.3 is 0 Å². The lowest BCUT2D eigenvalue weighted by molar-refractivity contribution is -0.0212. The molecule has 2 rings (SSSR count). The molecule has 2 nitrogen and oxygen atoms in total. The van der Waals surface area contributed by atoms with Gasteiger partial charge in [0.25, 0.3) is 0 Å². The third kappa shape index (κ3) is 2.16. The molecule has 1 aromatic rings. The van der Waals surface area contributed by atoms with Gasteiger partial charge in [-0.15, -0.1) is 0 Å². The average Bonchev–Trinajstić information content (AvgIpc) is 2.18. The lowest BCUT2D eigenvalue weighted by Crippen LogP contribution is -2.35. The van der Waals surface area contributed by atoms with E-state index in [1.165, 1.54) is 5.56 Å². The van der Waals surface area contributed by atoms with E-state index in [-0.39, 0.29) is 6.10 Å². The van der Waals surface area contributed by atoms with Gasteiger partial charge < -0.3 is 9.64 Å². The van der Waals surface area contributed by atoms with Gasteiger partial charge in [-0.1, -0.05) is 34.1 Å². The maximum Gasteiger partial charge on any atom is 0.0963 e. The van der Waals surface area contributed by atoms with Gasteiger partial charge in [-0.3, -0.25) is 0 Å². The van der Waals surface area contributed by atoms with Crippen molar-refractivity contribution in [2.24, 2.45) is 0 Å². The SMILES string of the molecule is CN1CCOC(c2ccccc2Br)C1. The van der Waals surface area contributed by atoms with Crippen LogP contribution in [-0.2, 0) is 4.74 Å². The van der Waals surface area contributed by atoms with Crippen molar-refractivity contribution in [2.75, 3.05) is 26.7 Å². The number of likely N-dealkylation sites (N-methyl/N-ethyl adjacent to an activating group) is 1. The lowest BCUT2D eigenvalue weighted by Gasteiger charge is -2.30. The predicted molar refractivity (Wildman–Crippen MR) is 60.3 cm³/mol. The average molecular weight is 256 g/mol. The Balaban J connectivity index is 2.18. The maximum atomic E-state index is 5.74. The number of hydrogen-bond donors (Lipinski definition) is 0. The number of morpholine rings is 1. The molecular weight excluding hydrogens is 242 g/mol. The molecule has 1 fully saturated rings. The number of hydrogen-bond acceptors (Lipinski definition) is 2. The monoisotopic (exact) mass is 255 g/mol. The van der Waals surface area contributed by atoms with Crippen molar-refractivity contribution in [3.05, 3.63) is 34.3 Å². The first-order valence-corrected chi connectivity index (χ1v) is 5.61. The van der Waals surface area contributed by atoms with Gasteiger partial charge in [0, 0.05) is 17.6 Å². The molecule has 14 heavy (non-hydrogen) atoms. The van der Waals surface area contributed by atoms with E-state index in [9.17, 15) is 0 Å². The van der Waals surface area contributed by atoms with Gasteiger partial charge in [0.2, 0.25) is 0 Å². The molecule has 1 aliphatic heterocycles.